The summed E-state index contributed by atoms with van der Waals surface area (Å²) < 4.78 is 0. The standard InChI is InChI=1S/C11H23N3O3/c1-3-8-14(9-10(15)16)11(17)13-7-5-6-12-4-2/h12H,3-9H2,1-2H3,(H,13,17)(H,15,16). The van der Waals surface area contributed by atoms with Crippen LogP contribution in [0.1, 0.15) is 26.7 Å². The number of nitrogens with one attached hydrogen (secondary N) is 2. The minimum atomic E-state index is -0.985. The number of urea groups is 1. The maximum atomic E-state index is 11.6. The molecule has 0 spiro atoms. The van der Waals surface area contributed by atoms with Gasteiger partial charge in [0.1, 0.15) is 6.54 Å². The monoisotopic (exact) mass is 245 g/mol. The first-order chi connectivity index (χ1) is 8.11. The highest BCUT2D eigenvalue weighted by atomic mass is 16.4. The molecule has 0 saturated heterocycles. The van der Waals surface area contributed by atoms with Gasteiger partial charge in [0.05, 0.1) is 0 Å². The van der Waals surface area contributed by atoms with Crippen LogP contribution in [0.5, 0.6) is 0 Å². The summed E-state index contributed by atoms with van der Waals surface area (Å²) in [5, 5.41) is 14.5. The Balaban J connectivity index is 3.84. The van der Waals surface area contributed by atoms with Crippen LogP contribution >= 0.6 is 0 Å². The zero-order valence-corrected chi connectivity index (χ0v) is 10.7. The average molecular weight is 245 g/mol. The van der Waals surface area contributed by atoms with Gasteiger partial charge in [-0.25, -0.2) is 4.79 Å². The summed E-state index contributed by atoms with van der Waals surface area (Å²) in [6.45, 7) is 6.48. The van der Waals surface area contributed by atoms with Gasteiger partial charge in [0.2, 0.25) is 0 Å². The highest BCUT2D eigenvalue weighted by Crippen LogP contribution is 1.92. The van der Waals surface area contributed by atoms with Crippen LogP contribution in [-0.2, 0) is 4.79 Å². The molecule has 6 heteroatoms. The fourth-order valence-corrected chi connectivity index (χ4v) is 1.38. The molecule has 100 valence electrons. The number of rotatable bonds is 9. The average Bonchev–Trinajstić information content (AvgIpc) is 2.27. The Morgan fingerprint density at radius 2 is 1.94 bits per heavy atom. The first-order valence-electron chi connectivity index (χ1n) is 6.07. The Morgan fingerprint density at radius 1 is 1.24 bits per heavy atom. The van der Waals surface area contributed by atoms with Gasteiger partial charge in [0.25, 0.3) is 0 Å². The van der Waals surface area contributed by atoms with Crippen LogP contribution in [0.15, 0.2) is 0 Å². The Morgan fingerprint density at radius 3 is 2.47 bits per heavy atom. The molecule has 0 radical (unpaired) electrons. The van der Waals surface area contributed by atoms with E-state index in [-0.39, 0.29) is 12.6 Å². The summed E-state index contributed by atoms with van der Waals surface area (Å²) in [6.07, 6.45) is 1.59. The van der Waals surface area contributed by atoms with Crippen molar-refractivity contribution < 1.29 is 14.7 Å². The minimum absolute atomic E-state index is 0.243. The summed E-state index contributed by atoms with van der Waals surface area (Å²) in [5.41, 5.74) is 0. The Labute approximate surface area is 102 Å². The van der Waals surface area contributed by atoms with E-state index >= 15 is 0 Å². The van der Waals surface area contributed by atoms with Crippen LogP contribution in [0.4, 0.5) is 4.79 Å². The molecule has 0 fully saturated rings. The van der Waals surface area contributed by atoms with Crippen molar-refractivity contribution in [3.05, 3.63) is 0 Å². The SMILES string of the molecule is CCCN(CC(=O)O)C(=O)NCCCNCC. The predicted molar refractivity (Wildman–Crippen MR) is 66.1 cm³/mol. The van der Waals surface area contributed by atoms with Crippen molar-refractivity contribution in [3.8, 4) is 0 Å². The molecule has 0 aromatic carbocycles. The lowest BCUT2D eigenvalue weighted by molar-refractivity contribution is -0.137. The molecule has 0 aliphatic carbocycles. The Bertz CT molecular complexity index is 234. The third kappa shape index (κ3) is 8.50. The van der Waals surface area contributed by atoms with E-state index in [0.29, 0.717) is 13.1 Å². The van der Waals surface area contributed by atoms with Gasteiger partial charge in [0.15, 0.2) is 0 Å². The van der Waals surface area contributed by atoms with Crippen LogP contribution in [0.3, 0.4) is 0 Å². The minimum Gasteiger partial charge on any atom is -0.480 e. The Kier molecular flexibility index (Phi) is 9.14. The summed E-state index contributed by atoms with van der Waals surface area (Å²) in [6, 6.07) is -0.300. The van der Waals surface area contributed by atoms with Crippen molar-refractivity contribution in [2.24, 2.45) is 0 Å². The second-order valence-electron chi connectivity index (χ2n) is 3.75. The summed E-state index contributed by atoms with van der Waals surface area (Å²) in [5.74, 6) is -0.985. The number of carbonyl (C=O) groups is 2. The molecule has 0 bridgehead atoms. The second-order valence-corrected chi connectivity index (χ2v) is 3.75. The maximum Gasteiger partial charge on any atom is 0.323 e. The van der Waals surface area contributed by atoms with Gasteiger partial charge in [-0.1, -0.05) is 13.8 Å². The Hall–Kier alpha value is -1.30. The van der Waals surface area contributed by atoms with Crippen LogP contribution in [-0.4, -0.2) is 54.7 Å². The lowest BCUT2D eigenvalue weighted by atomic mass is 10.4. The van der Waals surface area contributed by atoms with Crippen LogP contribution in [0, 0.1) is 0 Å². The molecule has 0 aromatic rings. The largest absolute Gasteiger partial charge is 0.480 e. The fourth-order valence-electron chi connectivity index (χ4n) is 1.38. The van der Waals surface area contributed by atoms with Gasteiger partial charge in [-0.05, 0) is 25.9 Å². The first kappa shape index (κ1) is 15.7. The van der Waals surface area contributed by atoms with E-state index in [1.54, 1.807) is 0 Å². The highest BCUT2D eigenvalue weighted by Gasteiger charge is 2.14. The van der Waals surface area contributed by atoms with Gasteiger partial charge < -0.3 is 20.6 Å². The van der Waals surface area contributed by atoms with E-state index in [1.807, 2.05) is 13.8 Å². The van der Waals surface area contributed by atoms with Gasteiger partial charge in [0, 0.05) is 13.1 Å². The zero-order chi connectivity index (χ0) is 13.1. The molecule has 0 saturated carbocycles. The molecule has 3 N–H and O–H groups in total. The number of carboxylic acid groups (broad SMARTS) is 1. The molecule has 0 atom stereocenters. The number of hydrogen-bond acceptors (Lipinski definition) is 3. The van der Waals surface area contributed by atoms with Gasteiger partial charge >= 0.3 is 12.0 Å². The summed E-state index contributed by atoms with van der Waals surface area (Å²) in [4.78, 5) is 23.5. The molecule has 0 aromatic heterocycles. The zero-order valence-electron chi connectivity index (χ0n) is 10.7. The van der Waals surface area contributed by atoms with Crippen LogP contribution in [0.25, 0.3) is 0 Å². The van der Waals surface area contributed by atoms with E-state index in [1.165, 1.54) is 4.90 Å². The molecular weight excluding hydrogens is 222 g/mol. The predicted octanol–water partition coefficient (Wildman–Crippen LogP) is 0.492. The maximum absolute atomic E-state index is 11.6. The van der Waals surface area contributed by atoms with Crippen molar-refractivity contribution in [1.82, 2.24) is 15.5 Å². The van der Waals surface area contributed by atoms with E-state index < -0.39 is 5.97 Å². The van der Waals surface area contributed by atoms with Crippen molar-refractivity contribution in [1.29, 1.82) is 0 Å². The van der Waals surface area contributed by atoms with Gasteiger partial charge in [-0.15, -0.1) is 0 Å². The third-order valence-corrected chi connectivity index (χ3v) is 2.16. The van der Waals surface area contributed by atoms with E-state index in [2.05, 4.69) is 10.6 Å². The quantitative estimate of drug-likeness (QED) is 0.516. The number of carbonyl (C=O) groups excluding carboxylic acids is 1. The number of carboxylic acids is 1. The summed E-state index contributed by atoms with van der Waals surface area (Å²) in [7, 11) is 0. The lowest BCUT2D eigenvalue weighted by Gasteiger charge is -2.20. The van der Waals surface area contributed by atoms with Crippen molar-refractivity contribution in [3.63, 3.8) is 0 Å². The lowest BCUT2D eigenvalue weighted by Crippen LogP contribution is -2.43. The molecule has 0 aliphatic heterocycles. The summed E-state index contributed by atoms with van der Waals surface area (Å²) >= 11 is 0. The molecule has 0 rings (SSSR count). The molecular formula is C11H23N3O3. The number of amides is 2. The molecule has 6 nitrogen and oxygen atoms in total. The highest BCUT2D eigenvalue weighted by molar-refractivity contribution is 5.80. The van der Waals surface area contributed by atoms with E-state index in [0.717, 1.165) is 25.9 Å². The fraction of sp³-hybridized carbons (Fsp3) is 0.818. The first-order valence-corrected chi connectivity index (χ1v) is 6.07. The molecule has 17 heavy (non-hydrogen) atoms. The normalized spacial score (nSPS) is 10.0. The van der Waals surface area contributed by atoms with Crippen LogP contribution in [0.2, 0.25) is 0 Å². The van der Waals surface area contributed by atoms with Crippen molar-refractivity contribution >= 4 is 12.0 Å². The molecule has 0 aliphatic rings. The van der Waals surface area contributed by atoms with Crippen LogP contribution < -0.4 is 10.6 Å². The molecule has 0 heterocycles. The topological polar surface area (TPSA) is 81.7 Å². The molecule has 2 amide bonds. The van der Waals surface area contributed by atoms with Gasteiger partial charge in [-0.3, -0.25) is 4.79 Å². The van der Waals surface area contributed by atoms with E-state index in [9.17, 15) is 9.59 Å². The second kappa shape index (κ2) is 9.89. The molecule has 0 unspecified atom stereocenters. The third-order valence-electron chi connectivity index (χ3n) is 2.16. The van der Waals surface area contributed by atoms with E-state index in [4.69, 9.17) is 5.11 Å². The van der Waals surface area contributed by atoms with Gasteiger partial charge in [-0.2, -0.15) is 0 Å². The number of aliphatic carboxylic acids is 1. The number of hydrogen-bond donors (Lipinski definition) is 3. The number of nitrogens with zero attached hydrogens (tertiary/aromatic N) is 1. The van der Waals surface area contributed by atoms with Crippen molar-refractivity contribution in [2.75, 3.05) is 32.7 Å². The smallest absolute Gasteiger partial charge is 0.323 e. The van der Waals surface area contributed by atoms with Crippen molar-refractivity contribution in [2.45, 2.75) is 26.7 Å².